The Balaban J connectivity index is 0.00000121. The van der Waals surface area contributed by atoms with Crippen molar-refractivity contribution in [1.82, 2.24) is 10.3 Å². The number of pyridine rings is 1. The first-order valence-electron chi connectivity index (χ1n) is 7.46. The second-order valence-electron chi connectivity index (χ2n) is 6.19. The van der Waals surface area contributed by atoms with Gasteiger partial charge in [0, 0.05) is 29.9 Å². The van der Waals surface area contributed by atoms with E-state index < -0.39 is 0 Å². The molecule has 1 N–H and O–H groups in total. The standard InChI is InChI=1S/C17H20N2.ClH/c1-2-13-6-7-18-11-17(13)14(3-1)8-12-9-15-4-5-16(10-12)19-15;/h1-3,6-7,11-12,15-16,19H,4-5,8-10H2;1H. The number of hydrogen-bond acceptors (Lipinski definition) is 2. The molecule has 4 rings (SSSR count). The molecule has 106 valence electrons. The van der Waals surface area contributed by atoms with Gasteiger partial charge in [0.2, 0.25) is 0 Å². The van der Waals surface area contributed by atoms with Crippen molar-refractivity contribution >= 4 is 23.2 Å². The summed E-state index contributed by atoms with van der Waals surface area (Å²) in [7, 11) is 0. The Morgan fingerprint density at radius 1 is 1.10 bits per heavy atom. The third kappa shape index (κ3) is 2.55. The smallest absolute Gasteiger partial charge is 0.0349 e. The van der Waals surface area contributed by atoms with Gasteiger partial charge < -0.3 is 5.32 Å². The quantitative estimate of drug-likeness (QED) is 0.911. The largest absolute Gasteiger partial charge is 0.311 e. The van der Waals surface area contributed by atoms with Crippen molar-refractivity contribution in [3.8, 4) is 0 Å². The number of hydrogen-bond donors (Lipinski definition) is 1. The minimum absolute atomic E-state index is 0. The predicted octanol–water partition coefficient (Wildman–Crippen LogP) is 3.73. The average molecular weight is 289 g/mol. The molecule has 20 heavy (non-hydrogen) atoms. The van der Waals surface area contributed by atoms with Crippen LogP contribution >= 0.6 is 12.4 Å². The molecule has 2 atom stereocenters. The summed E-state index contributed by atoms with van der Waals surface area (Å²) in [5.74, 6) is 0.851. The maximum atomic E-state index is 4.30. The highest BCUT2D eigenvalue weighted by Gasteiger charge is 2.33. The molecule has 2 aliphatic heterocycles. The molecule has 0 aliphatic carbocycles. The lowest BCUT2D eigenvalue weighted by Gasteiger charge is -2.29. The Hall–Kier alpha value is -1.12. The Morgan fingerprint density at radius 3 is 2.70 bits per heavy atom. The summed E-state index contributed by atoms with van der Waals surface area (Å²) in [6, 6.07) is 10.4. The zero-order valence-electron chi connectivity index (χ0n) is 11.6. The van der Waals surface area contributed by atoms with Gasteiger partial charge in [-0.25, -0.2) is 0 Å². The lowest BCUT2D eigenvalue weighted by Crippen LogP contribution is -2.38. The third-order valence-corrected chi connectivity index (χ3v) is 4.85. The van der Waals surface area contributed by atoms with E-state index in [1.807, 2.05) is 12.4 Å². The zero-order chi connectivity index (χ0) is 12.7. The topological polar surface area (TPSA) is 24.9 Å². The lowest BCUT2D eigenvalue weighted by atomic mass is 9.86. The van der Waals surface area contributed by atoms with Crippen molar-refractivity contribution in [2.75, 3.05) is 0 Å². The highest BCUT2D eigenvalue weighted by atomic mass is 35.5. The Morgan fingerprint density at radius 2 is 1.90 bits per heavy atom. The highest BCUT2D eigenvalue weighted by molar-refractivity contribution is 5.85. The molecule has 3 heteroatoms. The van der Waals surface area contributed by atoms with E-state index in [1.165, 1.54) is 48.4 Å². The van der Waals surface area contributed by atoms with Gasteiger partial charge in [0.05, 0.1) is 0 Å². The average Bonchev–Trinajstić information content (AvgIpc) is 2.78. The van der Waals surface area contributed by atoms with Crippen LogP contribution in [0.2, 0.25) is 0 Å². The minimum Gasteiger partial charge on any atom is -0.311 e. The number of benzene rings is 1. The SMILES string of the molecule is Cl.c1cc(CC2CC3CCC(C2)N3)c2cnccc2c1. The van der Waals surface area contributed by atoms with Crippen LogP contribution in [-0.4, -0.2) is 17.1 Å². The molecule has 2 aliphatic rings. The number of aromatic nitrogens is 1. The molecular formula is C17H21ClN2. The van der Waals surface area contributed by atoms with E-state index in [2.05, 4.69) is 34.6 Å². The second-order valence-corrected chi connectivity index (χ2v) is 6.19. The van der Waals surface area contributed by atoms with Crippen LogP contribution in [0.3, 0.4) is 0 Å². The van der Waals surface area contributed by atoms with E-state index in [0.717, 1.165) is 18.0 Å². The van der Waals surface area contributed by atoms with Crippen molar-refractivity contribution in [3.63, 3.8) is 0 Å². The zero-order valence-corrected chi connectivity index (χ0v) is 12.4. The fraction of sp³-hybridized carbons (Fsp3) is 0.471. The number of rotatable bonds is 2. The number of piperidine rings is 1. The molecule has 1 aromatic heterocycles. The van der Waals surface area contributed by atoms with Crippen LogP contribution in [0.1, 0.15) is 31.2 Å². The molecule has 2 aromatic rings. The van der Waals surface area contributed by atoms with Gasteiger partial charge in [0.15, 0.2) is 0 Å². The van der Waals surface area contributed by atoms with Crippen LogP contribution in [0.25, 0.3) is 10.8 Å². The Bertz CT molecular complexity index is 581. The number of fused-ring (bicyclic) bond motifs is 3. The van der Waals surface area contributed by atoms with Gasteiger partial charge in [0.25, 0.3) is 0 Å². The fourth-order valence-electron chi connectivity index (χ4n) is 4.01. The molecule has 2 bridgehead atoms. The van der Waals surface area contributed by atoms with E-state index >= 15 is 0 Å². The molecule has 3 heterocycles. The molecule has 0 saturated carbocycles. The van der Waals surface area contributed by atoms with Crippen molar-refractivity contribution < 1.29 is 0 Å². The van der Waals surface area contributed by atoms with Crippen molar-refractivity contribution in [1.29, 1.82) is 0 Å². The summed E-state index contributed by atoms with van der Waals surface area (Å²) in [5, 5.41) is 6.40. The molecule has 1 aromatic carbocycles. The van der Waals surface area contributed by atoms with Crippen molar-refractivity contribution in [3.05, 3.63) is 42.2 Å². The summed E-state index contributed by atoms with van der Waals surface area (Å²) in [4.78, 5) is 4.30. The van der Waals surface area contributed by atoms with Gasteiger partial charge in [-0.2, -0.15) is 0 Å². The van der Waals surface area contributed by atoms with Crippen molar-refractivity contribution in [2.24, 2.45) is 5.92 Å². The maximum absolute atomic E-state index is 4.30. The molecule has 2 saturated heterocycles. The van der Waals surface area contributed by atoms with Crippen LogP contribution in [0.15, 0.2) is 36.7 Å². The fourth-order valence-corrected chi connectivity index (χ4v) is 4.01. The molecule has 2 fully saturated rings. The van der Waals surface area contributed by atoms with Crippen LogP contribution < -0.4 is 5.32 Å². The molecular weight excluding hydrogens is 268 g/mol. The van der Waals surface area contributed by atoms with Crippen LogP contribution in [-0.2, 0) is 6.42 Å². The predicted molar refractivity (Wildman–Crippen MR) is 85.4 cm³/mol. The Labute approximate surface area is 126 Å². The van der Waals surface area contributed by atoms with Crippen LogP contribution in [0, 0.1) is 5.92 Å². The maximum Gasteiger partial charge on any atom is 0.0349 e. The first-order chi connectivity index (χ1) is 9.38. The number of nitrogens with zero attached hydrogens (tertiary/aromatic N) is 1. The van der Waals surface area contributed by atoms with Gasteiger partial charge in [-0.05, 0) is 55.0 Å². The molecule has 2 nitrogen and oxygen atoms in total. The van der Waals surface area contributed by atoms with Crippen LogP contribution in [0.4, 0.5) is 0 Å². The molecule has 0 amide bonds. The monoisotopic (exact) mass is 288 g/mol. The summed E-state index contributed by atoms with van der Waals surface area (Å²) >= 11 is 0. The van der Waals surface area contributed by atoms with Gasteiger partial charge in [-0.3, -0.25) is 4.98 Å². The van der Waals surface area contributed by atoms with Gasteiger partial charge in [-0.15, -0.1) is 12.4 Å². The Kier molecular flexibility index (Phi) is 3.95. The molecule has 2 unspecified atom stereocenters. The summed E-state index contributed by atoms with van der Waals surface area (Å²) < 4.78 is 0. The van der Waals surface area contributed by atoms with Crippen molar-refractivity contribution in [2.45, 2.75) is 44.2 Å². The van der Waals surface area contributed by atoms with E-state index in [1.54, 1.807) is 0 Å². The summed E-state index contributed by atoms with van der Waals surface area (Å²) in [6.45, 7) is 0. The first-order valence-corrected chi connectivity index (χ1v) is 7.46. The normalized spacial score (nSPS) is 28.3. The molecule has 0 radical (unpaired) electrons. The minimum atomic E-state index is 0. The van der Waals surface area contributed by atoms with E-state index in [0.29, 0.717) is 0 Å². The summed E-state index contributed by atoms with van der Waals surface area (Å²) in [6.07, 6.45) is 10.6. The van der Waals surface area contributed by atoms with Gasteiger partial charge in [0.1, 0.15) is 0 Å². The summed E-state index contributed by atoms with van der Waals surface area (Å²) in [5.41, 5.74) is 1.48. The van der Waals surface area contributed by atoms with E-state index in [4.69, 9.17) is 0 Å². The lowest BCUT2D eigenvalue weighted by molar-refractivity contribution is 0.299. The number of halogens is 1. The highest BCUT2D eigenvalue weighted by Crippen LogP contribution is 2.33. The molecule has 0 spiro atoms. The van der Waals surface area contributed by atoms with Crippen LogP contribution in [0.5, 0.6) is 0 Å². The first kappa shape index (κ1) is 13.8. The van der Waals surface area contributed by atoms with Gasteiger partial charge >= 0.3 is 0 Å². The third-order valence-electron chi connectivity index (χ3n) is 4.85. The number of nitrogens with one attached hydrogen (secondary N) is 1. The van der Waals surface area contributed by atoms with Gasteiger partial charge in [-0.1, -0.05) is 18.2 Å². The van der Waals surface area contributed by atoms with E-state index in [9.17, 15) is 0 Å². The second kappa shape index (κ2) is 5.71. The van der Waals surface area contributed by atoms with E-state index in [-0.39, 0.29) is 12.4 Å².